The number of hydrogen-bond acceptors (Lipinski definition) is 6. The largest absolute Gasteiger partial charge is 0.507 e. The van der Waals surface area contributed by atoms with Crippen LogP contribution in [0.25, 0.3) is 16.0 Å². The number of Topliss-reactive ketones (excluding diaryl/α,β-unsaturated/α-hetero) is 1. The molecule has 182 valence electrons. The fourth-order valence-corrected chi connectivity index (χ4v) is 5.59. The Morgan fingerprint density at radius 3 is 2.56 bits per heavy atom. The number of thiazole rings is 1. The molecule has 36 heavy (non-hydrogen) atoms. The predicted molar refractivity (Wildman–Crippen MR) is 143 cm³/mol. The van der Waals surface area contributed by atoms with Crippen LogP contribution in [0.3, 0.4) is 0 Å². The maximum atomic E-state index is 13.4. The van der Waals surface area contributed by atoms with Crippen molar-refractivity contribution >= 4 is 55.7 Å². The third kappa shape index (κ3) is 4.25. The Balaban J connectivity index is 1.68. The summed E-state index contributed by atoms with van der Waals surface area (Å²) in [5.74, 6) is -1.15. The first-order chi connectivity index (χ1) is 17.4. The number of amides is 1. The maximum Gasteiger partial charge on any atom is 0.301 e. The zero-order valence-electron chi connectivity index (χ0n) is 19.7. The van der Waals surface area contributed by atoms with Crippen LogP contribution in [-0.4, -0.2) is 28.4 Å². The van der Waals surface area contributed by atoms with Gasteiger partial charge in [-0.15, -0.1) is 0 Å². The van der Waals surface area contributed by atoms with E-state index in [0.717, 1.165) is 22.2 Å². The lowest BCUT2D eigenvalue weighted by Crippen LogP contribution is -2.29. The number of anilines is 1. The number of fused-ring (bicyclic) bond motifs is 1. The second kappa shape index (κ2) is 9.76. The lowest BCUT2D eigenvalue weighted by molar-refractivity contribution is -0.132. The van der Waals surface area contributed by atoms with Crippen LogP contribution in [0.2, 0.25) is 5.02 Å². The Morgan fingerprint density at radius 2 is 1.86 bits per heavy atom. The Kier molecular flexibility index (Phi) is 6.51. The molecule has 0 saturated carbocycles. The van der Waals surface area contributed by atoms with E-state index in [2.05, 4.69) is 11.9 Å². The molecule has 0 aliphatic carbocycles. The van der Waals surface area contributed by atoms with Gasteiger partial charge in [0, 0.05) is 10.6 Å². The lowest BCUT2D eigenvalue weighted by Gasteiger charge is -2.23. The minimum Gasteiger partial charge on any atom is -0.507 e. The summed E-state index contributed by atoms with van der Waals surface area (Å²) < 4.78 is 6.40. The highest BCUT2D eigenvalue weighted by molar-refractivity contribution is 7.22. The first kappa shape index (κ1) is 24.0. The van der Waals surface area contributed by atoms with Crippen LogP contribution in [-0.2, 0) is 16.0 Å². The maximum absolute atomic E-state index is 13.4. The molecule has 1 aromatic heterocycles. The molecular formula is C28H23ClN2O4S. The zero-order chi connectivity index (χ0) is 25.4. The molecule has 0 unspecified atom stereocenters. The molecule has 1 atom stereocenters. The van der Waals surface area contributed by atoms with Crippen LogP contribution < -0.4 is 9.64 Å². The van der Waals surface area contributed by atoms with Crippen molar-refractivity contribution in [2.45, 2.75) is 26.3 Å². The van der Waals surface area contributed by atoms with Gasteiger partial charge in [-0.1, -0.05) is 48.1 Å². The lowest BCUT2D eigenvalue weighted by atomic mass is 9.95. The first-order valence-electron chi connectivity index (χ1n) is 11.6. The van der Waals surface area contributed by atoms with Crippen LogP contribution in [0, 0.1) is 0 Å². The van der Waals surface area contributed by atoms with E-state index in [-0.39, 0.29) is 11.3 Å². The van der Waals surface area contributed by atoms with Crippen LogP contribution in [0.1, 0.15) is 36.6 Å². The van der Waals surface area contributed by atoms with E-state index in [9.17, 15) is 14.7 Å². The fraction of sp³-hybridized carbons (Fsp3) is 0.179. The molecule has 1 saturated heterocycles. The Morgan fingerprint density at radius 1 is 1.08 bits per heavy atom. The van der Waals surface area contributed by atoms with Crippen LogP contribution >= 0.6 is 22.9 Å². The Labute approximate surface area is 217 Å². The average Bonchev–Trinajstić information content (AvgIpc) is 3.42. The molecule has 2 heterocycles. The summed E-state index contributed by atoms with van der Waals surface area (Å²) in [7, 11) is 0. The van der Waals surface area contributed by atoms with E-state index in [0.29, 0.717) is 33.6 Å². The standard InChI is InChI=1S/C28H23ClN2O4S/c1-3-16-8-13-21-22(14-16)36-28(30-21)31-24(18-6-5-7-19(29)15-18)23(26(33)27(31)34)25(32)17-9-11-20(12-10-17)35-4-2/h5-15,24,32H,3-4H2,1-2H3/b25-23-/t24-/m0/s1. The number of benzene rings is 3. The number of aromatic nitrogens is 1. The van der Waals surface area contributed by atoms with Gasteiger partial charge in [-0.2, -0.15) is 0 Å². The van der Waals surface area contributed by atoms with Gasteiger partial charge in [-0.05, 0) is 73.0 Å². The van der Waals surface area contributed by atoms with Gasteiger partial charge < -0.3 is 9.84 Å². The molecule has 6 nitrogen and oxygen atoms in total. The van der Waals surface area contributed by atoms with Gasteiger partial charge >= 0.3 is 5.91 Å². The molecule has 1 N–H and O–H groups in total. The number of aliphatic hydroxyl groups excluding tert-OH is 1. The molecule has 8 heteroatoms. The monoisotopic (exact) mass is 518 g/mol. The predicted octanol–water partition coefficient (Wildman–Crippen LogP) is 6.54. The zero-order valence-corrected chi connectivity index (χ0v) is 21.3. The summed E-state index contributed by atoms with van der Waals surface area (Å²) >= 11 is 7.62. The number of aliphatic hydroxyl groups is 1. The number of ether oxygens (including phenoxy) is 1. The summed E-state index contributed by atoms with van der Waals surface area (Å²) in [5.41, 5.74) is 2.88. The molecule has 5 rings (SSSR count). The number of halogens is 1. The summed E-state index contributed by atoms with van der Waals surface area (Å²) in [6.45, 7) is 4.46. The van der Waals surface area contributed by atoms with Gasteiger partial charge in [0.25, 0.3) is 5.78 Å². The molecule has 0 radical (unpaired) electrons. The van der Waals surface area contributed by atoms with Crippen molar-refractivity contribution in [3.63, 3.8) is 0 Å². The topological polar surface area (TPSA) is 79.7 Å². The van der Waals surface area contributed by atoms with Crippen LogP contribution in [0.15, 0.2) is 72.3 Å². The van der Waals surface area contributed by atoms with Crippen molar-refractivity contribution in [1.29, 1.82) is 0 Å². The van der Waals surface area contributed by atoms with E-state index in [1.165, 1.54) is 16.2 Å². The highest BCUT2D eigenvalue weighted by atomic mass is 35.5. The summed E-state index contributed by atoms with van der Waals surface area (Å²) in [4.78, 5) is 32.8. The van der Waals surface area contributed by atoms with Gasteiger partial charge in [0.1, 0.15) is 11.5 Å². The average molecular weight is 519 g/mol. The molecule has 3 aromatic carbocycles. The molecule has 0 spiro atoms. The van der Waals surface area contributed by atoms with Gasteiger partial charge in [0.2, 0.25) is 0 Å². The summed E-state index contributed by atoms with van der Waals surface area (Å²) in [5, 5.41) is 12.1. The molecule has 1 aliphatic heterocycles. The van der Waals surface area contributed by atoms with Gasteiger partial charge in [0.05, 0.1) is 28.4 Å². The number of carbonyl (C=O) groups excluding carboxylic acids is 2. The Bertz CT molecular complexity index is 1510. The number of ketones is 1. The van der Waals surface area contributed by atoms with Crippen molar-refractivity contribution in [1.82, 2.24) is 4.98 Å². The second-order valence-electron chi connectivity index (χ2n) is 8.33. The minimum absolute atomic E-state index is 0.0140. The third-order valence-electron chi connectivity index (χ3n) is 6.10. The van der Waals surface area contributed by atoms with E-state index >= 15 is 0 Å². The summed E-state index contributed by atoms with van der Waals surface area (Å²) in [6, 6.07) is 18.8. The quantitative estimate of drug-likeness (QED) is 0.178. The van der Waals surface area contributed by atoms with E-state index in [1.54, 1.807) is 48.5 Å². The van der Waals surface area contributed by atoms with Crippen molar-refractivity contribution in [3.8, 4) is 5.75 Å². The molecular weight excluding hydrogens is 496 g/mol. The SMILES string of the molecule is CCOc1ccc(/C(O)=C2/C(=O)C(=O)N(c3nc4ccc(CC)cc4s3)[C@H]2c2cccc(Cl)c2)cc1. The normalized spacial score (nSPS) is 17.2. The Hall–Kier alpha value is -3.68. The smallest absolute Gasteiger partial charge is 0.301 e. The van der Waals surface area contributed by atoms with Crippen molar-refractivity contribution < 1.29 is 19.4 Å². The molecule has 1 amide bonds. The number of hydrogen-bond donors (Lipinski definition) is 1. The third-order valence-corrected chi connectivity index (χ3v) is 7.36. The number of nitrogens with zero attached hydrogens (tertiary/aromatic N) is 2. The van der Waals surface area contributed by atoms with Crippen LogP contribution in [0.4, 0.5) is 5.13 Å². The van der Waals surface area contributed by atoms with Gasteiger partial charge in [-0.25, -0.2) is 4.98 Å². The minimum atomic E-state index is -0.888. The van der Waals surface area contributed by atoms with Crippen molar-refractivity contribution in [2.24, 2.45) is 0 Å². The molecule has 1 fully saturated rings. The first-order valence-corrected chi connectivity index (χ1v) is 12.8. The van der Waals surface area contributed by atoms with E-state index in [4.69, 9.17) is 16.3 Å². The van der Waals surface area contributed by atoms with Crippen LogP contribution in [0.5, 0.6) is 5.75 Å². The number of aryl methyl sites for hydroxylation is 1. The van der Waals surface area contributed by atoms with Crippen molar-refractivity contribution in [2.75, 3.05) is 11.5 Å². The van der Waals surface area contributed by atoms with Gasteiger partial charge in [0.15, 0.2) is 5.13 Å². The van der Waals surface area contributed by atoms with E-state index in [1.807, 2.05) is 25.1 Å². The summed E-state index contributed by atoms with van der Waals surface area (Å²) in [6.07, 6.45) is 0.873. The number of rotatable bonds is 6. The van der Waals surface area contributed by atoms with Crippen molar-refractivity contribution in [3.05, 3.63) is 94.0 Å². The highest BCUT2D eigenvalue weighted by Crippen LogP contribution is 2.44. The van der Waals surface area contributed by atoms with Gasteiger partial charge in [-0.3, -0.25) is 14.5 Å². The fourth-order valence-electron chi connectivity index (χ4n) is 4.33. The molecule has 0 bridgehead atoms. The number of carbonyl (C=O) groups is 2. The molecule has 1 aliphatic rings. The highest BCUT2D eigenvalue weighted by Gasteiger charge is 2.48. The second-order valence-corrected chi connectivity index (χ2v) is 9.78. The molecule has 4 aromatic rings. The van der Waals surface area contributed by atoms with E-state index < -0.39 is 17.7 Å².